The predicted octanol–water partition coefficient (Wildman–Crippen LogP) is 2.06. The fourth-order valence-electron chi connectivity index (χ4n) is 0.596. The molecule has 0 aliphatic carbocycles. The van der Waals surface area contributed by atoms with E-state index >= 15 is 0 Å². The van der Waals surface area contributed by atoms with Gasteiger partial charge in [-0.05, 0) is 0 Å². The monoisotopic (exact) mass is 164 g/mol. The van der Waals surface area contributed by atoms with Crippen molar-refractivity contribution in [1.29, 1.82) is 0 Å². The van der Waals surface area contributed by atoms with Crippen molar-refractivity contribution in [1.82, 2.24) is 0 Å². The van der Waals surface area contributed by atoms with Crippen molar-refractivity contribution < 1.29 is 0 Å². The van der Waals surface area contributed by atoms with Crippen LogP contribution < -0.4 is 0 Å². The van der Waals surface area contributed by atoms with Gasteiger partial charge in [0.05, 0.1) is 16.9 Å². The van der Waals surface area contributed by atoms with Crippen LogP contribution >= 0.6 is 7.02 Å². The van der Waals surface area contributed by atoms with E-state index in [-0.39, 0.29) is 16.9 Å². The normalized spacial score (nSPS) is 12.0. The van der Waals surface area contributed by atoms with Crippen LogP contribution in [0.3, 0.4) is 0 Å². The molecule has 0 bridgehead atoms. The van der Waals surface area contributed by atoms with E-state index in [1.165, 1.54) is 0 Å². The lowest BCUT2D eigenvalue weighted by Gasteiger charge is -2.17. The lowest BCUT2D eigenvalue weighted by atomic mass is 11.9. The standard InChI is InChI=1S/C5H17PSi2/c1-6(7(2)3)8(4)5/h7-8H,1-5H3. The first-order chi connectivity index (χ1) is 3.55. The molecule has 0 spiro atoms. The molecule has 0 amide bonds. The first-order valence-electron chi connectivity index (χ1n) is 3.27. The van der Waals surface area contributed by atoms with Gasteiger partial charge in [-0.25, -0.2) is 0 Å². The largest absolute Gasteiger partial charge is 0.139 e. The van der Waals surface area contributed by atoms with Gasteiger partial charge in [0.25, 0.3) is 0 Å². The summed E-state index contributed by atoms with van der Waals surface area (Å²) in [7, 11) is 0.187. The van der Waals surface area contributed by atoms with E-state index < -0.39 is 0 Å². The molecule has 0 fully saturated rings. The molecule has 0 aliphatic rings. The second-order valence-electron chi connectivity index (χ2n) is 2.85. The summed E-state index contributed by atoms with van der Waals surface area (Å²) in [5, 5.41) is 0. The molecule has 0 N–H and O–H groups in total. The molecule has 0 saturated carbocycles. The maximum absolute atomic E-state index is 2.50. The quantitative estimate of drug-likeness (QED) is 0.433. The summed E-state index contributed by atoms with van der Waals surface area (Å²) >= 11 is 0. The van der Waals surface area contributed by atoms with Gasteiger partial charge >= 0.3 is 0 Å². The molecular weight excluding hydrogens is 147 g/mol. The van der Waals surface area contributed by atoms with Gasteiger partial charge in [0.2, 0.25) is 0 Å². The van der Waals surface area contributed by atoms with E-state index in [2.05, 4.69) is 32.9 Å². The molecule has 0 aliphatic heterocycles. The van der Waals surface area contributed by atoms with Crippen LogP contribution in [0.4, 0.5) is 0 Å². The van der Waals surface area contributed by atoms with Gasteiger partial charge in [-0.3, -0.25) is 0 Å². The summed E-state index contributed by atoms with van der Waals surface area (Å²) < 4.78 is 0. The molecule has 8 heavy (non-hydrogen) atoms. The van der Waals surface area contributed by atoms with Crippen LogP contribution in [0.15, 0.2) is 0 Å². The minimum Gasteiger partial charge on any atom is -0.139 e. The van der Waals surface area contributed by atoms with Gasteiger partial charge in [0.1, 0.15) is 0 Å². The van der Waals surface area contributed by atoms with Gasteiger partial charge < -0.3 is 0 Å². The fourth-order valence-corrected chi connectivity index (χ4v) is 16.1. The third-order valence-electron chi connectivity index (χ3n) is 1.63. The minimum absolute atomic E-state index is 0.196. The second kappa shape index (κ2) is 3.81. The van der Waals surface area contributed by atoms with E-state index in [0.717, 1.165) is 0 Å². The first-order valence-corrected chi connectivity index (χ1v) is 12.9. The average molecular weight is 164 g/mol. The molecule has 0 aromatic rings. The summed E-state index contributed by atoms with van der Waals surface area (Å²) in [6, 6.07) is 0. The summed E-state index contributed by atoms with van der Waals surface area (Å²) in [4.78, 5) is 0. The summed E-state index contributed by atoms with van der Waals surface area (Å²) in [5.74, 6) is 0. The Balaban J connectivity index is 3.46. The maximum Gasteiger partial charge on any atom is 0.0540 e. The van der Waals surface area contributed by atoms with Crippen molar-refractivity contribution >= 4 is 23.9 Å². The maximum atomic E-state index is 2.50. The molecule has 0 aromatic heterocycles. The van der Waals surface area contributed by atoms with Gasteiger partial charge in [-0.2, -0.15) is 0 Å². The summed E-state index contributed by atoms with van der Waals surface area (Å²) in [6.07, 6.45) is 0. The molecule has 50 valence electrons. The molecule has 0 heterocycles. The van der Waals surface area contributed by atoms with Crippen LogP contribution in [0.25, 0.3) is 0 Å². The average Bonchev–Trinajstić information content (AvgIpc) is 1.64. The molecule has 0 rings (SSSR count). The topological polar surface area (TPSA) is 0 Å². The summed E-state index contributed by atoms with van der Waals surface area (Å²) in [6.45, 7) is 12.4. The second-order valence-corrected chi connectivity index (χ2v) is 21.4. The molecule has 0 unspecified atom stereocenters. The Morgan fingerprint density at radius 1 is 0.875 bits per heavy atom. The Morgan fingerprint density at radius 2 is 1.12 bits per heavy atom. The van der Waals surface area contributed by atoms with Gasteiger partial charge in [-0.1, -0.05) is 32.9 Å². The Hall–Kier alpha value is 0.864. The SMILES string of the molecule is C[SiH](C)P(C)[SiH](C)C. The zero-order valence-electron chi connectivity index (χ0n) is 6.60. The lowest BCUT2D eigenvalue weighted by molar-refractivity contribution is 2.05. The Kier molecular flexibility index (Phi) is 4.22. The highest BCUT2D eigenvalue weighted by Gasteiger charge is 2.11. The van der Waals surface area contributed by atoms with Crippen molar-refractivity contribution in [3.8, 4) is 0 Å². The third kappa shape index (κ3) is 3.00. The van der Waals surface area contributed by atoms with Gasteiger partial charge in [0.15, 0.2) is 0 Å². The number of hydrogen-bond donors (Lipinski definition) is 0. The zero-order valence-corrected chi connectivity index (χ0v) is 9.81. The molecule has 0 atom stereocenters. The predicted molar refractivity (Wildman–Crippen MR) is 50.6 cm³/mol. The van der Waals surface area contributed by atoms with E-state index in [1.807, 2.05) is 0 Å². The van der Waals surface area contributed by atoms with Crippen molar-refractivity contribution in [3.05, 3.63) is 0 Å². The Labute approximate surface area is 57.4 Å². The van der Waals surface area contributed by atoms with Crippen molar-refractivity contribution in [3.63, 3.8) is 0 Å². The molecule has 3 heteroatoms. The molecular formula is C5H17PSi2. The minimum atomic E-state index is -0.196. The van der Waals surface area contributed by atoms with Gasteiger partial charge in [0, 0.05) is 0 Å². The zero-order chi connectivity index (χ0) is 6.73. The molecule has 0 aromatic carbocycles. The third-order valence-corrected chi connectivity index (χ3v) is 25.4. The highest BCUT2D eigenvalue weighted by atomic mass is 31.6. The van der Waals surface area contributed by atoms with Crippen molar-refractivity contribution in [2.45, 2.75) is 26.2 Å². The molecule has 0 radical (unpaired) electrons. The van der Waals surface area contributed by atoms with E-state index in [9.17, 15) is 0 Å². The van der Waals surface area contributed by atoms with Crippen LogP contribution in [-0.2, 0) is 0 Å². The van der Waals surface area contributed by atoms with Crippen LogP contribution in [0, 0.1) is 0 Å². The van der Waals surface area contributed by atoms with Crippen LogP contribution in [-0.4, -0.2) is 23.6 Å². The fraction of sp³-hybridized carbons (Fsp3) is 1.00. The highest BCUT2D eigenvalue weighted by molar-refractivity contribution is 8.11. The molecule has 0 nitrogen and oxygen atoms in total. The number of rotatable bonds is 2. The van der Waals surface area contributed by atoms with E-state index in [0.29, 0.717) is 7.02 Å². The van der Waals surface area contributed by atoms with Crippen LogP contribution in [0.1, 0.15) is 0 Å². The van der Waals surface area contributed by atoms with E-state index in [1.54, 1.807) is 0 Å². The van der Waals surface area contributed by atoms with Crippen LogP contribution in [0.2, 0.25) is 26.2 Å². The van der Waals surface area contributed by atoms with Crippen molar-refractivity contribution in [2.24, 2.45) is 0 Å². The highest BCUT2D eigenvalue weighted by Crippen LogP contribution is 2.36. The number of hydrogen-bond acceptors (Lipinski definition) is 0. The lowest BCUT2D eigenvalue weighted by Crippen LogP contribution is -2.08. The van der Waals surface area contributed by atoms with Crippen molar-refractivity contribution in [2.75, 3.05) is 6.66 Å². The Morgan fingerprint density at radius 3 is 1.12 bits per heavy atom. The summed E-state index contributed by atoms with van der Waals surface area (Å²) in [5.41, 5.74) is 0. The first kappa shape index (κ1) is 8.86. The van der Waals surface area contributed by atoms with E-state index in [4.69, 9.17) is 0 Å². The van der Waals surface area contributed by atoms with Crippen LogP contribution in [0.5, 0.6) is 0 Å². The van der Waals surface area contributed by atoms with Gasteiger partial charge in [-0.15, -0.1) is 7.02 Å². The molecule has 0 saturated heterocycles. The Bertz CT molecular complexity index is 55.4. The smallest absolute Gasteiger partial charge is 0.0540 e.